The summed E-state index contributed by atoms with van der Waals surface area (Å²) in [6.45, 7) is 8.71. The van der Waals surface area contributed by atoms with Crippen LogP contribution in [0.5, 0.6) is 5.75 Å². The fraction of sp³-hybridized carbons (Fsp3) is 0.632. The molecule has 0 bridgehead atoms. The van der Waals surface area contributed by atoms with Gasteiger partial charge in [-0.15, -0.1) is 0 Å². The van der Waals surface area contributed by atoms with Gasteiger partial charge in [-0.1, -0.05) is 12.1 Å². The zero-order chi connectivity index (χ0) is 17.5. The number of rotatable bonds is 7. The first-order chi connectivity index (χ1) is 11.5. The number of carbonyl (C=O) groups excluding carboxylic acids is 1. The summed E-state index contributed by atoms with van der Waals surface area (Å²) in [7, 11) is 0. The molecule has 1 aliphatic rings. The van der Waals surface area contributed by atoms with Crippen molar-refractivity contribution in [2.75, 3.05) is 26.2 Å². The van der Waals surface area contributed by atoms with Crippen molar-refractivity contribution in [3.63, 3.8) is 0 Å². The Balaban J connectivity index is 1.66. The summed E-state index contributed by atoms with van der Waals surface area (Å²) in [5.74, 6) is 0.847. The number of benzene rings is 1. The molecule has 134 valence electrons. The molecule has 0 radical (unpaired) electrons. The number of piperidine rings is 1. The van der Waals surface area contributed by atoms with Crippen LogP contribution in [0.4, 0.5) is 0 Å². The number of likely N-dealkylation sites (tertiary alicyclic amines) is 1. The van der Waals surface area contributed by atoms with Crippen LogP contribution in [0.3, 0.4) is 0 Å². The lowest BCUT2D eigenvalue weighted by atomic mass is 9.95. The van der Waals surface area contributed by atoms with E-state index in [0.717, 1.165) is 37.2 Å². The number of carbonyl (C=O) groups is 1. The van der Waals surface area contributed by atoms with Crippen LogP contribution in [0, 0.1) is 12.8 Å². The van der Waals surface area contributed by atoms with Crippen molar-refractivity contribution in [3.8, 4) is 5.75 Å². The molecule has 1 fully saturated rings. The van der Waals surface area contributed by atoms with E-state index in [1.165, 1.54) is 0 Å². The predicted octanol–water partition coefficient (Wildman–Crippen LogP) is 1.97. The normalized spacial score (nSPS) is 17.7. The quantitative estimate of drug-likeness (QED) is 0.800. The number of hydrogen-bond donors (Lipinski definition) is 2. The molecule has 1 aromatic rings. The van der Waals surface area contributed by atoms with Gasteiger partial charge in [0.25, 0.3) is 0 Å². The molecular formula is C19H30N2O3. The summed E-state index contributed by atoms with van der Waals surface area (Å²) in [4.78, 5) is 14.6. The molecule has 5 nitrogen and oxygen atoms in total. The highest BCUT2D eigenvalue weighted by Crippen LogP contribution is 2.19. The van der Waals surface area contributed by atoms with Crippen LogP contribution < -0.4 is 10.1 Å². The third-order valence-electron chi connectivity index (χ3n) is 4.57. The number of nitrogens with zero attached hydrogens (tertiary/aromatic N) is 1. The van der Waals surface area contributed by atoms with Gasteiger partial charge in [0.2, 0.25) is 5.91 Å². The van der Waals surface area contributed by atoms with Crippen molar-refractivity contribution in [3.05, 3.63) is 29.8 Å². The number of hydrogen-bond acceptors (Lipinski definition) is 4. The first-order valence-corrected chi connectivity index (χ1v) is 8.85. The maximum absolute atomic E-state index is 12.2. The molecule has 1 saturated heterocycles. The van der Waals surface area contributed by atoms with Crippen molar-refractivity contribution >= 4 is 5.91 Å². The van der Waals surface area contributed by atoms with Crippen LogP contribution in [0.15, 0.2) is 24.3 Å². The second-order valence-corrected chi connectivity index (χ2v) is 6.93. The first kappa shape index (κ1) is 18.7. The van der Waals surface area contributed by atoms with Crippen LogP contribution in [-0.2, 0) is 4.79 Å². The van der Waals surface area contributed by atoms with E-state index in [2.05, 4.69) is 24.1 Å². The lowest BCUT2D eigenvalue weighted by Crippen LogP contribution is -2.44. The van der Waals surface area contributed by atoms with E-state index < -0.39 is 6.10 Å². The zero-order valence-electron chi connectivity index (χ0n) is 15.0. The second kappa shape index (κ2) is 9.04. The van der Waals surface area contributed by atoms with E-state index in [9.17, 15) is 9.90 Å². The Kier molecular flexibility index (Phi) is 7.06. The SMILES string of the molecule is Cc1cccc(OCC(O)CNC(=O)C2CCN(C(C)C)CC2)c1. The predicted molar refractivity (Wildman–Crippen MR) is 95.1 cm³/mol. The molecule has 2 rings (SSSR count). The van der Waals surface area contributed by atoms with E-state index in [1.807, 2.05) is 31.2 Å². The molecule has 5 heteroatoms. The van der Waals surface area contributed by atoms with Gasteiger partial charge in [-0.3, -0.25) is 4.79 Å². The van der Waals surface area contributed by atoms with E-state index in [-0.39, 0.29) is 25.0 Å². The van der Waals surface area contributed by atoms with Gasteiger partial charge in [0.05, 0.1) is 0 Å². The fourth-order valence-electron chi connectivity index (χ4n) is 3.00. The van der Waals surface area contributed by atoms with Gasteiger partial charge in [0.15, 0.2) is 0 Å². The van der Waals surface area contributed by atoms with Gasteiger partial charge >= 0.3 is 0 Å². The minimum Gasteiger partial charge on any atom is -0.491 e. The molecule has 1 aromatic carbocycles. The van der Waals surface area contributed by atoms with Gasteiger partial charge in [-0.2, -0.15) is 0 Å². The summed E-state index contributed by atoms with van der Waals surface area (Å²) < 4.78 is 5.56. The van der Waals surface area contributed by atoms with Gasteiger partial charge in [-0.05, 0) is 64.4 Å². The minimum atomic E-state index is -0.704. The van der Waals surface area contributed by atoms with Crippen molar-refractivity contribution in [2.24, 2.45) is 5.92 Å². The third-order valence-corrected chi connectivity index (χ3v) is 4.57. The summed E-state index contributed by atoms with van der Waals surface area (Å²) in [5, 5.41) is 12.9. The number of aryl methyl sites for hydroxylation is 1. The zero-order valence-corrected chi connectivity index (χ0v) is 15.0. The van der Waals surface area contributed by atoms with E-state index >= 15 is 0 Å². The van der Waals surface area contributed by atoms with Crippen LogP contribution in [-0.4, -0.2) is 54.3 Å². The van der Waals surface area contributed by atoms with Gasteiger partial charge in [0, 0.05) is 18.5 Å². The lowest BCUT2D eigenvalue weighted by Gasteiger charge is -2.34. The summed E-state index contributed by atoms with van der Waals surface area (Å²) in [6.07, 6.45) is 1.07. The van der Waals surface area contributed by atoms with Crippen molar-refractivity contribution < 1.29 is 14.6 Å². The van der Waals surface area contributed by atoms with Crippen molar-refractivity contribution in [2.45, 2.75) is 45.8 Å². The number of aliphatic hydroxyl groups is 1. The maximum atomic E-state index is 12.2. The third kappa shape index (κ3) is 5.80. The molecule has 1 amide bonds. The van der Waals surface area contributed by atoms with Gasteiger partial charge in [0.1, 0.15) is 18.5 Å². The molecule has 24 heavy (non-hydrogen) atoms. The summed E-state index contributed by atoms with van der Waals surface area (Å²) in [5.41, 5.74) is 1.11. The van der Waals surface area contributed by atoms with Gasteiger partial charge in [-0.25, -0.2) is 0 Å². The Labute approximate surface area is 145 Å². The highest BCUT2D eigenvalue weighted by atomic mass is 16.5. The van der Waals surface area contributed by atoms with Crippen LogP contribution in [0.25, 0.3) is 0 Å². The Hall–Kier alpha value is -1.59. The standard InChI is InChI=1S/C19H30N2O3/c1-14(2)21-9-7-16(8-10-21)19(23)20-12-17(22)13-24-18-6-4-5-15(3)11-18/h4-6,11,14,16-17,22H,7-10,12-13H2,1-3H3,(H,20,23). The van der Waals surface area contributed by atoms with Crippen molar-refractivity contribution in [1.82, 2.24) is 10.2 Å². The number of aliphatic hydroxyl groups excluding tert-OH is 1. The smallest absolute Gasteiger partial charge is 0.223 e. The lowest BCUT2D eigenvalue weighted by molar-refractivity contribution is -0.127. The highest BCUT2D eigenvalue weighted by Gasteiger charge is 2.26. The van der Waals surface area contributed by atoms with E-state index in [4.69, 9.17) is 4.74 Å². The number of nitrogens with one attached hydrogen (secondary N) is 1. The molecule has 1 atom stereocenters. The van der Waals surface area contributed by atoms with E-state index in [0.29, 0.717) is 6.04 Å². The summed E-state index contributed by atoms with van der Waals surface area (Å²) >= 11 is 0. The Morgan fingerprint density at radius 1 is 1.38 bits per heavy atom. The average molecular weight is 334 g/mol. The first-order valence-electron chi connectivity index (χ1n) is 8.85. The fourth-order valence-corrected chi connectivity index (χ4v) is 3.00. The molecule has 2 N–H and O–H groups in total. The molecule has 1 unspecified atom stereocenters. The minimum absolute atomic E-state index is 0.0491. The monoisotopic (exact) mass is 334 g/mol. The molecule has 1 heterocycles. The average Bonchev–Trinajstić information content (AvgIpc) is 2.58. The molecule has 0 aliphatic carbocycles. The number of ether oxygens (including phenoxy) is 1. The van der Waals surface area contributed by atoms with Crippen LogP contribution >= 0.6 is 0 Å². The molecule has 1 aliphatic heterocycles. The summed E-state index contributed by atoms with van der Waals surface area (Å²) in [6, 6.07) is 8.24. The molecule has 0 aromatic heterocycles. The number of amides is 1. The Bertz CT molecular complexity index is 525. The molecule has 0 spiro atoms. The molecular weight excluding hydrogens is 304 g/mol. The Morgan fingerprint density at radius 3 is 2.71 bits per heavy atom. The van der Waals surface area contributed by atoms with Crippen LogP contribution in [0.2, 0.25) is 0 Å². The topological polar surface area (TPSA) is 61.8 Å². The largest absolute Gasteiger partial charge is 0.491 e. The van der Waals surface area contributed by atoms with Gasteiger partial charge < -0.3 is 20.1 Å². The molecule has 0 saturated carbocycles. The van der Waals surface area contributed by atoms with E-state index in [1.54, 1.807) is 0 Å². The Morgan fingerprint density at radius 2 is 2.08 bits per heavy atom. The van der Waals surface area contributed by atoms with Crippen molar-refractivity contribution in [1.29, 1.82) is 0 Å². The second-order valence-electron chi connectivity index (χ2n) is 6.93. The maximum Gasteiger partial charge on any atom is 0.223 e. The highest BCUT2D eigenvalue weighted by molar-refractivity contribution is 5.78. The van der Waals surface area contributed by atoms with Crippen LogP contribution in [0.1, 0.15) is 32.3 Å².